The van der Waals surface area contributed by atoms with Crippen molar-refractivity contribution in [1.29, 1.82) is 0 Å². The van der Waals surface area contributed by atoms with Crippen LogP contribution in [0.15, 0.2) is 48.9 Å². The number of fused-ring (bicyclic) bond motifs is 1. The summed E-state index contributed by atoms with van der Waals surface area (Å²) in [6.45, 7) is 0.616. The second kappa shape index (κ2) is 4.49. The number of non-ortho nitro benzene ring substituents is 1. The molecule has 0 fully saturated rings. The third-order valence-corrected chi connectivity index (χ3v) is 2.84. The van der Waals surface area contributed by atoms with Crippen LogP contribution in [-0.2, 0) is 6.54 Å². The number of hydrogen-bond donors (Lipinski definition) is 0. The second-order valence-electron chi connectivity index (χ2n) is 4.18. The molecule has 0 aliphatic heterocycles. The molecule has 0 saturated heterocycles. The van der Waals surface area contributed by atoms with E-state index in [1.807, 2.05) is 18.3 Å². The summed E-state index contributed by atoms with van der Waals surface area (Å²) in [5.74, 6) is 0. The summed E-state index contributed by atoms with van der Waals surface area (Å²) in [7, 11) is 0. The Morgan fingerprint density at radius 1 is 1.21 bits per heavy atom. The van der Waals surface area contributed by atoms with Crippen molar-refractivity contribution >= 4 is 16.6 Å². The third kappa shape index (κ3) is 2.28. The minimum Gasteiger partial charge on any atom is -0.267 e. The molecule has 2 heterocycles. The largest absolute Gasteiger partial charge is 0.270 e. The fourth-order valence-electron chi connectivity index (χ4n) is 1.93. The van der Waals surface area contributed by atoms with Crippen LogP contribution in [0.25, 0.3) is 10.9 Å². The topological polar surface area (TPSA) is 73.8 Å². The van der Waals surface area contributed by atoms with E-state index in [2.05, 4.69) is 10.1 Å². The van der Waals surface area contributed by atoms with Gasteiger partial charge < -0.3 is 0 Å². The first-order chi connectivity index (χ1) is 9.22. The van der Waals surface area contributed by atoms with E-state index in [9.17, 15) is 10.1 Å². The maximum Gasteiger partial charge on any atom is 0.270 e. The van der Waals surface area contributed by atoms with E-state index < -0.39 is 4.92 Å². The summed E-state index contributed by atoms with van der Waals surface area (Å²) in [5, 5.41) is 15.9. The van der Waals surface area contributed by atoms with Crippen molar-refractivity contribution in [2.24, 2.45) is 0 Å². The Kier molecular flexibility index (Phi) is 2.68. The Morgan fingerprint density at radius 2 is 2.00 bits per heavy atom. The van der Waals surface area contributed by atoms with E-state index in [1.54, 1.807) is 23.1 Å². The lowest BCUT2D eigenvalue weighted by atomic mass is 10.2. The van der Waals surface area contributed by atoms with Crippen molar-refractivity contribution in [2.75, 3.05) is 0 Å². The van der Waals surface area contributed by atoms with Crippen molar-refractivity contribution in [3.8, 4) is 0 Å². The molecule has 6 nitrogen and oxygen atoms in total. The molecule has 0 spiro atoms. The molecular weight excluding hydrogens is 244 g/mol. The summed E-state index contributed by atoms with van der Waals surface area (Å²) in [5.41, 5.74) is 1.91. The molecule has 0 unspecified atom stereocenters. The number of nitro benzene ring substituents is 1. The first-order valence-electron chi connectivity index (χ1n) is 5.73. The van der Waals surface area contributed by atoms with Gasteiger partial charge in [0.25, 0.3) is 5.69 Å². The van der Waals surface area contributed by atoms with Gasteiger partial charge in [-0.05, 0) is 23.8 Å². The fourth-order valence-corrected chi connectivity index (χ4v) is 1.93. The number of nitrogens with zero attached hydrogens (tertiary/aromatic N) is 4. The van der Waals surface area contributed by atoms with Crippen LogP contribution in [-0.4, -0.2) is 19.7 Å². The van der Waals surface area contributed by atoms with Crippen LogP contribution < -0.4 is 0 Å². The van der Waals surface area contributed by atoms with Crippen LogP contribution in [0.2, 0.25) is 0 Å². The molecule has 0 bridgehead atoms. The maximum atomic E-state index is 10.7. The second-order valence-corrected chi connectivity index (χ2v) is 4.18. The van der Waals surface area contributed by atoms with Gasteiger partial charge in [0.05, 0.1) is 17.0 Å². The lowest BCUT2D eigenvalue weighted by Crippen LogP contribution is -1.99. The van der Waals surface area contributed by atoms with E-state index in [4.69, 9.17) is 0 Å². The zero-order chi connectivity index (χ0) is 13.2. The average molecular weight is 254 g/mol. The highest BCUT2D eigenvalue weighted by Gasteiger charge is 2.08. The van der Waals surface area contributed by atoms with Gasteiger partial charge in [-0.2, -0.15) is 5.10 Å². The molecule has 0 amide bonds. The van der Waals surface area contributed by atoms with Gasteiger partial charge in [0.1, 0.15) is 0 Å². The van der Waals surface area contributed by atoms with E-state index in [0.29, 0.717) is 6.54 Å². The van der Waals surface area contributed by atoms with Crippen LogP contribution in [0.1, 0.15) is 5.56 Å². The number of nitro groups is 1. The molecular formula is C13H10N4O2. The molecule has 3 rings (SSSR count). The zero-order valence-electron chi connectivity index (χ0n) is 9.93. The number of rotatable bonds is 3. The van der Waals surface area contributed by atoms with Crippen molar-refractivity contribution in [3.63, 3.8) is 0 Å². The fraction of sp³-hybridized carbons (Fsp3) is 0.0769. The molecule has 0 aliphatic carbocycles. The predicted octanol–water partition coefficient (Wildman–Crippen LogP) is 2.39. The molecule has 3 aromatic rings. The normalized spacial score (nSPS) is 10.7. The van der Waals surface area contributed by atoms with E-state index in [1.165, 1.54) is 12.1 Å². The zero-order valence-corrected chi connectivity index (χ0v) is 9.93. The molecule has 0 N–H and O–H groups in total. The first kappa shape index (κ1) is 11.3. The highest BCUT2D eigenvalue weighted by Crippen LogP contribution is 2.19. The lowest BCUT2D eigenvalue weighted by molar-refractivity contribution is -0.384. The van der Waals surface area contributed by atoms with E-state index in [-0.39, 0.29) is 5.69 Å². The summed E-state index contributed by atoms with van der Waals surface area (Å²) in [6.07, 6.45) is 5.26. The lowest BCUT2D eigenvalue weighted by Gasteiger charge is -1.99. The van der Waals surface area contributed by atoms with Crippen LogP contribution in [0.3, 0.4) is 0 Å². The molecule has 94 valence electrons. The van der Waals surface area contributed by atoms with Gasteiger partial charge in [-0.1, -0.05) is 0 Å². The van der Waals surface area contributed by atoms with Gasteiger partial charge in [-0.3, -0.25) is 19.8 Å². The van der Waals surface area contributed by atoms with Gasteiger partial charge in [0, 0.05) is 36.1 Å². The number of hydrogen-bond acceptors (Lipinski definition) is 4. The number of benzene rings is 1. The summed E-state index contributed by atoms with van der Waals surface area (Å²) in [4.78, 5) is 14.3. The van der Waals surface area contributed by atoms with Crippen LogP contribution in [0.4, 0.5) is 5.69 Å². The minimum atomic E-state index is -0.403. The SMILES string of the molecule is O=[N+]([O-])c1ccc2nn(Cc3ccncc3)cc2c1. The van der Waals surface area contributed by atoms with E-state index >= 15 is 0 Å². The summed E-state index contributed by atoms with van der Waals surface area (Å²) < 4.78 is 1.77. The van der Waals surface area contributed by atoms with Crippen molar-refractivity contribution in [3.05, 3.63) is 64.6 Å². The Bertz CT molecular complexity index is 737. The maximum absolute atomic E-state index is 10.7. The molecule has 0 radical (unpaired) electrons. The smallest absolute Gasteiger partial charge is 0.267 e. The molecule has 0 atom stereocenters. The minimum absolute atomic E-state index is 0.0796. The quantitative estimate of drug-likeness (QED) is 0.531. The van der Waals surface area contributed by atoms with Crippen LogP contribution in [0, 0.1) is 10.1 Å². The molecule has 6 heteroatoms. The van der Waals surface area contributed by atoms with Crippen LogP contribution >= 0.6 is 0 Å². The first-order valence-corrected chi connectivity index (χ1v) is 5.73. The molecule has 0 saturated carbocycles. The van der Waals surface area contributed by atoms with Gasteiger partial charge in [-0.25, -0.2) is 0 Å². The standard InChI is InChI=1S/C13H10N4O2/c18-17(19)12-1-2-13-11(7-12)9-16(15-13)8-10-3-5-14-6-4-10/h1-7,9H,8H2. The number of aromatic nitrogens is 3. The van der Waals surface area contributed by atoms with Crippen molar-refractivity contribution in [1.82, 2.24) is 14.8 Å². The monoisotopic (exact) mass is 254 g/mol. The Labute approximate surface area is 108 Å². The third-order valence-electron chi connectivity index (χ3n) is 2.84. The van der Waals surface area contributed by atoms with E-state index in [0.717, 1.165) is 16.5 Å². The van der Waals surface area contributed by atoms with Crippen LogP contribution in [0.5, 0.6) is 0 Å². The highest BCUT2D eigenvalue weighted by molar-refractivity contribution is 5.80. The Balaban J connectivity index is 1.95. The summed E-state index contributed by atoms with van der Waals surface area (Å²) >= 11 is 0. The molecule has 19 heavy (non-hydrogen) atoms. The molecule has 1 aromatic carbocycles. The highest BCUT2D eigenvalue weighted by atomic mass is 16.6. The van der Waals surface area contributed by atoms with Gasteiger partial charge in [-0.15, -0.1) is 0 Å². The van der Waals surface area contributed by atoms with Crippen molar-refractivity contribution in [2.45, 2.75) is 6.54 Å². The Morgan fingerprint density at radius 3 is 2.74 bits per heavy atom. The summed E-state index contributed by atoms with van der Waals surface area (Å²) in [6, 6.07) is 8.48. The molecule has 2 aromatic heterocycles. The molecule has 0 aliphatic rings. The van der Waals surface area contributed by atoms with Gasteiger partial charge >= 0.3 is 0 Å². The Hall–Kier alpha value is -2.76. The van der Waals surface area contributed by atoms with Gasteiger partial charge in [0.2, 0.25) is 0 Å². The van der Waals surface area contributed by atoms with Crippen molar-refractivity contribution < 1.29 is 4.92 Å². The number of pyridine rings is 1. The average Bonchev–Trinajstić information content (AvgIpc) is 2.80. The predicted molar refractivity (Wildman–Crippen MR) is 69.7 cm³/mol. The van der Waals surface area contributed by atoms with Gasteiger partial charge in [0.15, 0.2) is 0 Å².